The van der Waals surface area contributed by atoms with E-state index in [1.165, 1.54) is 0 Å². The van der Waals surface area contributed by atoms with Gasteiger partial charge in [0.1, 0.15) is 0 Å². The van der Waals surface area contributed by atoms with Crippen LogP contribution in [0.3, 0.4) is 0 Å². The van der Waals surface area contributed by atoms with E-state index in [0.717, 1.165) is 7.11 Å². The van der Waals surface area contributed by atoms with Crippen molar-refractivity contribution >= 4 is 5.97 Å². The lowest BCUT2D eigenvalue weighted by Gasteiger charge is -1.87. The molecular formula is C3H7NO2. The molecule has 0 radical (unpaired) electrons. The van der Waals surface area contributed by atoms with Crippen LogP contribution >= 0.6 is 0 Å². The molecule has 0 unspecified atom stereocenters. The minimum absolute atomic E-state index is 1.06. The summed E-state index contributed by atoms with van der Waals surface area (Å²) in [5, 5.41) is 0. The summed E-state index contributed by atoms with van der Waals surface area (Å²) in [6, 6.07) is 0. The van der Waals surface area contributed by atoms with Gasteiger partial charge < -0.3 is 10.5 Å². The summed E-state index contributed by atoms with van der Waals surface area (Å²) in [6.45, 7) is -2.35. The number of ether oxygens (including phenoxy) is 1. The van der Waals surface area contributed by atoms with E-state index >= 15 is 0 Å². The molecule has 0 aromatic rings. The maximum absolute atomic E-state index is 10.1. The molecule has 2 N–H and O–H groups in total. The lowest BCUT2D eigenvalue weighted by Crippen LogP contribution is -2.14. The van der Waals surface area contributed by atoms with Crippen molar-refractivity contribution in [3.05, 3.63) is 0 Å². The zero-order valence-corrected chi connectivity index (χ0v) is 3.39. The van der Waals surface area contributed by atoms with E-state index in [4.69, 9.17) is 2.74 Å². The third-order valence-corrected chi connectivity index (χ3v) is 0.303. The number of rotatable bonds is 1. The van der Waals surface area contributed by atoms with Crippen molar-refractivity contribution in [2.45, 2.75) is 0 Å². The fourth-order valence-corrected chi connectivity index (χ4v) is 0.0589. The quantitative estimate of drug-likeness (QED) is 0.428. The van der Waals surface area contributed by atoms with Crippen LogP contribution in [0.5, 0.6) is 0 Å². The van der Waals surface area contributed by atoms with Crippen LogP contribution in [-0.4, -0.2) is 19.6 Å². The second-order valence-electron chi connectivity index (χ2n) is 0.636. The van der Waals surface area contributed by atoms with Crippen LogP contribution in [0.25, 0.3) is 0 Å². The van der Waals surface area contributed by atoms with Crippen LogP contribution in [0.15, 0.2) is 0 Å². The highest BCUT2D eigenvalue weighted by atomic mass is 16.5. The SMILES string of the molecule is [3H]C([3H])(N)C(=O)OC. The Bertz CT molecular complexity index is 97.9. The Morgan fingerprint density at radius 3 is 2.83 bits per heavy atom. The minimum atomic E-state index is -2.35. The van der Waals surface area contributed by atoms with E-state index in [0.29, 0.717) is 0 Å². The smallest absolute Gasteiger partial charge is 0.319 e. The highest BCUT2D eigenvalue weighted by molar-refractivity contribution is 5.70. The maximum Gasteiger partial charge on any atom is 0.319 e. The number of carbonyl (C=O) groups is 1. The first kappa shape index (κ1) is 2.58. The van der Waals surface area contributed by atoms with Crippen LogP contribution in [-0.2, 0) is 9.53 Å². The second kappa shape index (κ2) is 2.66. The molecule has 0 aromatic heterocycles. The molecule has 0 saturated carbocycles. The summed E-state index contributed by atoms with van der Waals surface area (Å²) < 4.78 is 17.0. The number of hydrogen-bond acceptors (Lipinski definition) is 3. The van der Waals surface area contributed by atoms with Gasteiger partial charge in [-0.2, -0.15) is 0 Å². The molecule has 0 saturated heterocycles. The van der Waals surface area contributed by atoms with Gasteiger partial charge >= 0.3 is 5.97 Å². The fourth-order valence-electron chi connectivity index (χ4n) is 0.0589. The number of hydrogen-bond donors (Lipinski definition) is 1. The Labute approximate surface area is 38.9 Å². The fraction of sp³-hybridized carbons (Fsp3) is 0.667. The van der Waals surface area contributed by atoms with Crippen molar-refractivity contribution < 1.29 is 12.3 Å². The van der Waals surface area contributed by atoms with Crippen molar-refractivity contribution in [2.75, 3.05) is 13.6 Å². The molecule has 0 aliphatic rings. The van der Waals surface area contributed by atoms with E-state index in [-0.39, 0.29) is 0 Å². The molecule has 6 heavy (non-hydrogen) atoms. The summed E-state index contributed by atoms with van der Waals surface area (Å²) in [7, 11) is 1.08. The van der Waals surface area contributed by atoms with E-state index < -0.39 is 12.5 Å². The molecule has 0 rings (SSSR count). The average Bonchev–Trinajstić information content (AvgIpc) is 1.62. The molecule has 36 valence electrons. The highest BCUT2D eigenvalue weighted by Crippen LogP contribution is 1.61. The predicted octanol–water partition coefficient (Wildman–Crippen LogP) is -0.882. The zero-order valence-electron chi connectivity index (χ0n) is 5.39. The summed E-state index contributed by atoms with van der Waals surface area (Å²) >= 11 is 0. The molecule has 0 heterocycles. The largest absolute Gasteiger partial charge is 0.468 e. The monoisotopic (exact) mass is 93.1 g/mol. The first-order valence-corrected chi connectivity index (χ1v) is 1.36. The normalized spacial score (nSPS) is 15.0. The highest BCUT2D eigenvalue weighted by Gasteiger charge is 1.87. The molecule has 0 amide bonds. The Hall–Kier alpha value is -0.570. The van der Waals surface area contributed by atoms with Gasteiger partial charge in [0, 0.05) is 0 Å². The van der Waals surface area contributed by atoms with E-state index in [2.05, 4.69) is 10.5 Å². The second-order valence-corrected chi connectivity index (χ2v) is 0.636. The van der Waals surface area contributed by atoms with Gasteiger partial charge in [-0.15, -0.1) is 0 Å². The topological polar surface area (TPSA) is 52.3 Å². The summed E-state index contributed by atoms with van der Waals surface area (Å²) in [4.78, 5) is 10.1. The summed E-state index contributed by atoms with van der Waals surface area (Å²) in [5.41, 5.74) is 4.65. The van der Waals surface area contributed by atoms with Crippen LogP contribution in [0.4, 0.5) is 0 Å². The number of esters is 1. The Balaban J connectivity index is 3.82. The number of carbonyl (C=O) groups excluding carboxylic acids is 1. The third kappa shape index (κ3) is 1.72. The summed E-state index contributed by atoms with van der Waals surface area (Å²) in [5.74, 6) is -1.06. The van der Waals surface area contributed by atoms with Crippen molar-refractivity contribution in [3.63, 3.8) is 0 Å². The van der Waals surface area contributed by atoms with Gasteiger partial charge in [0.2, 0.25) is 0 Å². The molecular weight excluding hydrogens is 82.0 g/mol. The van der Waals surface area contributed by atoms with Crippen LogP contribution in [0.2, 0.25) is 0 Å². The van der Waals surface area contributed by atoms with Gasteiger partial charge in [0.15, 0.2) is 0 Å². The number of nitrogens with two attached hydrogens (primary N) is 1. The van der Waals surface area contributed by atoms with E-state index in [1.54, 1.807) is 0 Å². The van der Waals surface area contributed by atoms with Crippen molar-refractivity contribution in [3.8, 4) is 0 Å². The molecule has 0 aromatic carbocycles. The first-order valence-electron chi connectivity index (χ1n) is 2.36. The van der Waals surface area contributed by atoms with Gasteiger partial charge in [-0.1, -0.05) is 0 Å². The van der Waals surface area contributed by atoms with E-state index in [9.17, 15) is 4.79 Å². The molecule has 0 aliphatic carbocycles. The zero-order chi connectivity index (χ0) is 6.78. The first-order chi connectivity index (χ1) is 3.48. The summed E-state index contributed by atoms with van der Waals surface area (Å²) in [6.07, 6.45) is 0. The standard InChI is InChI=1S/C3H7NO2/c1-6-3(5)2-4/h2,4H2,1H3/i2T2. The Morgan fingerprint density at radius 2 is 2.83 bits per heavy atom. The predicted molar refractivity (Wildman–Crippen MR) is 21.1 cm³/mol. The van der Waals surface area contributed by atoms with Gasteiger partial charge in [-0.3, -0.25) is 4.79 Å². The lowest BCUT2D eigenvalue weighted by molar-refractivity contribution is -0.138. The van der Waals surface area contributed by atoms with Crippen LogP contribution < -0.4 is 5.73 Å². The van der Waals surface area contributed by atoms with Gasteiger partial charge in [0.25, 0.3) is 0 Å². The average molecular weight is 93.1 g/mol. The van der Waals surface area contributed by atoms with Gasteiger partial charge in [-0.05, 0) is 0 Å². The van der Waals surface area contributed by atoms with Gasteiger partial charge in [-0.25, -0.2) is 0 Å². The molecule has 0 atom stereocenters. The van der Waals surface area contributed by atoms with Crippen LogP contribution in [0, 0.1) is 0 Å². The van der Waals surface area contributed by atoms with Crippen molar-refractivity contribution in [1.82, 2.24) is 0 Å². The Kier molecular flexibility index (Phi) is 1.14. The van der Waals surface area contributed by atoms with Crippen molar-refractivity contribution in [1.29, 1.82) is 0 Å². The molecule has 3 nitrogen and oxygen atoms in total. The third-order valence-electron chi connectivity index (χ3n) is 0.303. The van der Waals surface area contributed by atoms with Gasteiger partial charge in [0.05, 0.1) is 16.3 Å². The molecule has 0 fully saturated rings. The lowest BCUT2D eigenvalue weighted by atomic mass is 10.7. The minimum Gasteiger partial charge on any atom is -0.468 e. The Morgan fingerprint density at radius 1 is 2.33 bits per heavy atom. The van der Waals surface area contributed by atoms with Crippen molar-refractivity contribution in [2.24, 2.45) is 5.73 Å². The molecule has 0 spiro atoms. The molecule has 3 heteroatoms. The van der Waals surface area contributed by atoms with E-state index in [1.807, 2.05) is 0 Å². The molecule has 0 bridgehead atoms. The number of methoxy groups -OCH3 is 1. The maximum atomic E-state index is 10.1. The van der Waals surface area contributed by atoms with Crippen LogP contribution in [0.1, 0.15) is 2.74 Å². The molecule has 0 aliphatic heterocycles.